The Balaban J connectivity index is 1.92. The fourth-order valence-corrected chi connectivity index (χ4v) is 2.03. The van der Waals surface area contributed by atoms with E-state index in [1.165, 1.54) is 0 Å². The minimum Gasteiger partial charge on any atom is -0.480 e. The molecule has 4 nitrogen and oxygen atoms in total. The van der Waals surface area contributed by atoms with E-state index in [-0.39, 0.29) is 12.5 Å². The molecule has 2 N–H and O–H groups in total. The number of amides is 1. The summed E-state index contributed by atoms with van der Waals surface area (Å²) in [6.07, 6.45) is 0.0979. The van der Waals surface area contributed by atoms with E-state index in [1.807, 2.05) is 13.0 Å². The lowest BCUT2D eigenvalue weighted by Gasteiger charge is -2.13. The Morgan fingerprint density at radius 2 is 2.44 bits per heavy atom. The van der Waals surface area contributed by atoms with Gasteiger partial charge in [0.05, 0.1) is 6.10 Å². The molecule has 0 aliphatic carbocycles. The monoisotopic (exact) mass is 269 g/mol. The molecule has 18 heavy (non-hydrogen) atoms. The first-order valence-electron chi connectivity index (χ1n) is 6.01. The molecule has 1 aliphatic rings. The zero-order valence-electron chi connectivity index (χ0n) is 10.1. The normalized spacial score (nSPS) is 18.9. The van der Waals surface area contributed by atoms with Crippen LogP contribution in [0.2, 0.25) is 5.02 Å². The third-order valence-electron chi connectivity index (χ3n) is 2.97. The highest BCUT2D eigenvalue weighted by molar-refractivity contribution is 6.30. The van der Waals surface area contributed by atoms with E-state index in [1.54, 1.807) is 12.1 Å². The van der Waals surface area contributed by atoms with Gasteiger partial charge < -0.3 is 15.2 Å². The Labute approximate surface area is 111 Å². The molecule has 5 heteroatoms. The fraction of sp³-hybridized carbons (Fsp3) is 0.462. The Kier molecular flexibility index (Phi) is 4.09. The molecule has 0 saturated carbocycles. The molecule has 2 unspecified atom stereocenters. The van der Waals surface area contributed by atoms with Crippen LogP contribution in [0.25, 0.3) is 0 Å². The maximum Gasteiger partial charge on any atom is 0.261 e. The van der Waals surface area contributed by atoms with Gasteiger partial charge >= 0.3 is 0 Å². The summed E-state index contributed by atoms with van der Waals surface area (Å²) in [6, 6.07) is 5.32. The molecule has 1 aromatic rings. The summed E-state index contributed by atoms with van der Waals surface area (Å²) in [5, 5.41) is 12.7. The molecule has 0 fully saturated rings. The van der Waals surface area contributed by atoms with E-state index in [0.717, 1.165) is 5.56 Å². The largest absolute Gasteiger partial charge is 0.480 e. The van der Waals surface area contributed by atoms with Crippen molar-refractivity contribution < 1.29 is 14.6 Å². The van der Waals surface area contributed by atoms with E-state index < -0.39 is 12.2 Å². The molecule has 1 aromatic carbocycles. The molecule has 0 spiro atoms. The van der Waals surface area contributed by atoms with Gasteiger partial charge in [-0.15, -0.1) is 0 Å². The molecule has 0 aromatic heterocycles. The number of rotatable bonds is 4. The molecule has 2 rings (SSSR count). The van der Waals surface area contributed by atoms with E-state index >= 15 is 0 Å². The SMILES string of the molecule is CCC(O)CNC(=O)C1Cc2cc(Cl)ccc2O1. The third kappa shape index (κ3) is 2.94. The molecule has 0 bridgehead atoms. The Morgan fingerprint density at radius 3 is 3.17 bits per heavy atom. The molecule has 0 saturated heterocycles. The molecule has 1 aliphatic heterocycles. The lowest BCUT2D eigenvalue weighted by Crippen LogP contribution is -2.40. The van der Waals surface area contributed by atoms with Crippen LogP contribution in [0.5, 0.6) is 5.75 Å². The molecule has 98 valence electrons. The Bertz CT molecular complexity index is 450. The molecule has 0 radical (unpaired) electrons. The van der Waals surface area contributed by atoms with E-state index in [2.05, 4.69) is 5.32 Å². The first kappa shape index (κ1) is 13.2. The van der Waals surface area contributed by atoms with Crippen LogP contribution in [0.4, 0.5) is 0 Å². The average Bonchev–Trinajstić information content (AvgIpc) is 2.78. The maximum atomic E-state index is 11.8. The quantitative estimate of drug-likeness (QED) is 0.872. The lowest BCUT2D eigenvalue weighted by molar-refractivity contribution is -0.127. The Morgan fingerprint density at radius 1 is 1.67 bits per heavy atom. The topological polar surface area (TPSA) is 58.6 Å². The summed E-state index contributed by atoms with van der Waals surface area (Å²) < 4.78 is 5.54. The number of aliphatic hydroxyl groups is 1. The van der Waals surface area contributed by atoms with Gasteiger partial charge in [0, 0.05) is 18.0 Å². The van der Waals surface area contributed by atoms with Crippen LogP contribution in [0.15, 0.2) is 18.2 Å². The number of hydrogen-bond donors (Lipinski definition) is 2. The van der Waals surface area contributed by atoms with Crippen molar-refractivity contribution in [1.29, 1.82) is 0 Å². The van der Waals surface area contributed by atoms with Gasteiger partial charge in [-0.05, 0) is 30.2 Å². The van der Waals surface area contributed by atoms with Crippen molar-refractivity contribution in [2.75, 3.05) is 6.54 Å². The van der Waals surface area contributed by atoms with Gasteiger partial charge in [-0.25, -0.2) is 0 Å². The highest BCUT2D eigenvalue weighted by atomic mass is 35.5. The second kappa shape index (κ2) is 5.59. The number of ether oxygens (including phenoxy) is 1. The van der Waals surface area contributed by atoms with Crippen molar-refractivity contribution >= 4 is 17.5 Å². The highest BCUT2D eigenvalue weighted by Gasteiger charge is 2.29. The van der Waals surface area contributed by atoms with Gasteiger partial charge in [0.25, 0.3) is 5.91 Å². The number of carbonyl (C=O) groups excluding carboxylic acids is 1. The smallest absolute Gasteiger partial charge is 0.261 e. The Hall–Kier alpha value is -1.26. The zero-order valence-corrected chi connectivity index (χ0v) is 10.9. The second-order valence-electron chi connectivity index (χ2n) is 4.37. The number of carbonyl (C=O) groups is 1. The van der Waals surface area contributed by atoms with Crippen LogP contribution in [0.3, 0.4) is 0 Å². The van der Waals surface area contributed by atoms with Crippen molar-refractivity contribution in [3.8, 4) is 5.75 Å². The highest BCUT2D eigenvalue weighted by Crippen LogP contribution is 2.31. The van der Waals surface area contributed by atoms with Crippen molar-refractivity contribution in [1.82, 2.24) is 5.32 Å². The van der Waals surface area contributed by atoms with E-state index in [9.17, 15) is 9.90 Å². The lowest BCUT2D eigenvalue weighted by atomic mass is 10.1. The minimum atomic E-state index is -0.525. The number of benzene rings is 1. The number of halogens is 1. The number of hydrogen-bond acceptors (Lipinski definition) is 3. The third-order valence-corrected chi connectivity index (χ3v) is 3.21. The summed E-state index contributed by atoms with van der Waals surface area (Å²) in [5.41, 5.74) is 0.943. The van der Waals surface area contributed by atoms with Gasteiger partial charge in [-0.3, -0.25) is 4.79 Å². The zero-order chi connectivity index (χ0) is 13.1. The summed E-state index contributed by atoms with van der Waals surface area (Å²) in [7, 11) is 0. The standard InChI is InChI=1S/C13H16ClNO3/c1-2-10(16)7-15-13(17)12-6-8-5-9(14)3-4-11(8)18-12/h3-5,10,12,16H,2,6-7H2,1H3,(H,15,17). The molecule has 1 heterocycles. The first-order chi connectivity index (χ1) is 8.60. The van der Waals surface area contributed by atoms with Crippen molar-refractivity contribution in [3.05, 3.63) is 28.8 Å². The molecule has 1 amide bonds. The number of aliphatic hydroxyl groups excluding tert-OH is 1. The van der Waals surface area contributed by atoms with Gasteiger partial charge in [-0.2, -0.15) is 0 Å². The predicted octanol–water partition coefficient (Wildman–Crippen LogP) is 1.53. The van der Waals surface area contributed by atoms with Crippen LogP contribution in [-0.2, 0) is 11.2 Å². The molecular formula is C13H16ClNO3. The maximum absolute atomic E-state index is 11.8. The van der Waals surface area contributed by atoms with Crippen LogP contribution in [-0.4, -0.2) is 29.8 Å². The molecular weight excluding hydrogens is 254 g/mol. The van der Waals surface area contributed by atoms with Gasteiger partial charge in [0.1, 0.15) is 5.75 Å². The van der Waals surface area contributed by atoms with Crippen molar-refractivity contribution in [3.63, 3.8) is 0 Å². The number of nitrogens with one attached hydrogen (secondary N) is 1. The van der Waals surface area contributed by atoms with E-state index in [0.29, 0.717) is 23.6 Å². The molecule has 2 atom stereocenters. The summed E-state index contributed by atoms with van der Waals surface area (Å²) in [6.45, 7) is 2.12. The minimum absolute atomic E-state index is 0.199. The van der Waals surface area contributed by atoms with Crippen LogP contribution in [0, 0.1) is 0 Å². The van der Waals surface area contributed by atoms with E-state index in [4.69, 9.17) is 16.3 Å². The fourth-order valence-electron chi connectivity index (χ4n) is 1.84. The van der Waals surface area contributed by atoms with Gasteiger partial charge in [0.15, 0.2) is 6.10 Å². The predicted molar refractivity (Wildman–Crippen MR) is 68.9 cm³/mol. The van der Waals surface area contributed by atoms with Crippen molar-refractivity contribution in [2.45, 2.75) is 32.0 Å². The van der Waals surface area contributed by atoms with Crippen LogP contribution < -0.4 is 10.1 Å². The van der Waals surface area contributed by atoms with Crippen molar-refractivity contribution in [2.24, 2.45) is 0 Å². The average molecular weight is 270 g/mol. The second-order valence-corrected chi connectivity index (χ2v) is 4.81. The van der Waals surface area contributed by atoms with Crippen LogP contribution in [0.1, 0.15) is 18.9 Å². The van der Waals surface area contributed by atoms with Gasteiger partial charge in [-0.1, -0.05) is 18.5 Å². The first-order valence-corrected chi connectivity index (χ1v) is 6.38. The summed E-state index contributed by atoms with van der Waals surface area (Å²) >= 11 is 5.88. The summed E-state index contributed by atoms with van der Waals surface area (Å²) in [4.78, 5) is 11.8. The van der Waals surface area contributed by atoms with Crippen LogP contribution >= 0.6 is 11.6 Å². The summed E-state index contributed by atoms with van der Waals surface area (Å²) in [5.74, 6) is 0.505. The number of fused-ring (bicyclic) bond motifs is 1. The van der Waals surface area contributed by atoms with Gasteiger partial charge in [0.2, 0.25) is 0 Å².